The Balaban J connectivity index is 3.13. The number of carbonyl (C=O) groups excluding carboxylic acids is 1. The van der Waals surface area contributed by atoms with Crippen LogP contribution in [0.15, 0.2) is 24.3 Å². The molecule has 0 radical (unpaired) electrons. The fourth-order valence-corrected chi connectivity index (χ4v) is 3.08. The van der Waals surface area contributed by atoms with Crippen LogP contribution >= 0.6 is 19.4 Å². The number of benzene rings is 1. The summed E-state index contributed by atoms with van der Waals surface area (Å²) in [5, 5.41) is 0. The first kappa shape index (κ1) is 14.8. The Kier molecular flexibility index (Phi) is 5.78. The Bertz CT molecular complexity index is 442. The molecule has 0 saturated heterocycles. The summed E-state index contributed by atoms with van der Waals surface area (Å²) in [4.78, 5) is 11.3. The minimum absolute atomic E-state index is 0.0331. The normalized spacial score (nSPS) is 12.9. The van der Waals surface area contributed by atoms with Crippen molar-refractivity contribution in [2.24, 2.45) is 0 Å². The fourth-order valence-electron chi connectivity index (χ4n) is 1.28. The molecule has 17 heavy (non-hydrogen) atoms. The Morgan fingerprint density at radius 1 is 1.47 bits per heavy atom. The molecule has 0 spiro atoms. The summed E-state index contributed by atoms with van der Waals surface area (Å²) >= 11 is -1.90. The number of Topliss-reactive ketones (excluding diaryl/α,β-unsaturated/α-hetero) is 1. The summed E-state index contributed by atoms with van der Waals surface area (Å²) in [5.41, 5.74) is 0.893. The maximum absolute atomic E-state index is 11.3. The van der Waals surface area contributed by atoms with Gasteiger partial charge in [-0.15, -0.1) is 0 Å². The molecule has 0 aliphatic carbocycles. The summed E-state index contributed by atoms with van der Waals surface area (Å²) in [7, 11) is 15.6. The SMILES string of the molecule is [CH2-][O+](c1ccccc1[CH]=[Ru]([Cl])[Cl])C(C)C(C)=O. The molecule has 1 rings (SSSR count). The molecule has 0 aliphatic rings. The molecule has 2 nitrogen and oxygen atoms in total. The monoisotopic (exact) mass is 362 g/mol. The molecular formula is C12H14Cl2O2Ru. The van der Waals surface area contributed by atoms with Gasteiger partial charge in [-0.3, -0.25) is 0 Å². The van der Waals surface area contributed by atoms with E-state index >= 15 is 0 Å². The van der Waals surface area contributed by atoms with Crippen molar-refractivity contribution in [2.45, 2.75) is 20.0 Å². The molecular weight excluding hydrogens is 348 g/mol. The molecule has 1 unspecified atom stereocenters. The summed E-state index contributed by atoms with van der Waals surface area (Å²) in [6.45, 7) is 3.32. The van der Waals surface area contributed by atoms with Crippen LogP contribution in [0.1, 0.15) is 19.4 Å². The number of carbonyl (C=O) groups is 1. The third-order valence-electron chi connectivity index (χ3n) is 2.39. The van der Waals surface area contributed by atoms with Crippen molar-refractivity contribution in [3.63, 3.8) is 0 Å². The van der Waals surface area contributed by atoms with E-state index in [1.165, 1.54) is 6.92 Å². The van der Waals surface area contributed by atoms with E-state index in [4.69, 9.17) is 19.4 Å². The van der Waals surface area contributed by atoms with Gasteiger partial charge in [-0.2, -0.15) is 0 Å². The molecule has 96 valence electrons. The number of halogens is 2. The summed E-state index contributed by atoms with van der Waals surface area (Å²) in [6, 6.07) is 7.55. The quantitative estimate of drug-likeness (QED) is 0.453. The van der Waals surface area contributed by atoms with Crippen LogP contribution in [0.2, 0.25) is 0 Å². The third kappa shape index (κ3) is 4.17. The van der Waals surface area contributed by atoms with E-state index in [-0.39, 0.29) is 11.9 Å². The molecule has 1 atom stereocenters. The minimum atomic E-state index is -1.90. The molecule has 0 aromatic heterocycles. The molecule has 5 heteroatoms. The van der Waals surface area contributed by atoms with Gasteiger partial charge in [0.15, 0.2) is 0 Å². The van der Waals surface area contributed by atoms with Crippen molar-refractivity contribution in [2.75, 3.05) is 0 Å². The average molecular weight is 362 g/mol. The van der Waals surface area contributed by atoms with Gasteiger partial charge in [0.2, 0.25) is 0 Å². The first-order valence-corrected chi connectivity index (χ1v) is 10.4. The van der Waals surface area contributed by atoms with Gasteiger partial charge in [-0.1, -0.05) is 0 Å². The topological polar surface area (TPSA) is 19.8 Å². The number of hydrogen-bond acceptors (Lipinski definition) is 1. The van der Waals surface area contributed by atoms with E-state index < -0.39 is 13.5 Å². The zero-order valence-electron chi connectivity index (χ0n) is 9.60. The fraction of sp³-hybridized carbons (Fsp3) is 0.250. The Morgan fingerprint density at radius 2 is 2.06 bits per heavy atom. The Morgan fingerprint density at radius 3 is 2.59 bits per heavy atom. The molecule has 0 saturated carbocycles. The van der Waals surface area contributed by atoms with Gasteiger partial charge >= 0.3 is 115 Å². The predicted octanol–water partition coefficient (Wildman–Crippen LogP) is 3.80. The van der Waals surface area contributed by atoms with Crippen LogP contribution in [-0.4, -0.2) is 16.5 Å². The van der Waals surface area contributed by atoms with Crippen LogP contribution in [0.5, 0.6) is 5.75 Å². The Labute approximate surface area is 115 Å². The third-order valence-corrected chi connectivity index (χ3v) is 4.22. The maximum atomic E-state index is 11.3. The molecule has 0 fully saturated rings. The zero-order chi connectivity index (χ0) is 13.0. The molecule has 0 amide bonds. The van der Waals surface area contributed by atoms with Gasteiger partial charge in [0, 0.05) is 0 Å². The van der Waals surface area contributed by atoms with Gasteiger partial charge in [-0.25, -0.2) is 0 Å². The van der Waals surface area contributed by atoms with E-state index in [0.717, 1.165) is 11.3 Å². The summed E-state index contributed by atoms with van der Waals surface area (Å²) in [5.74, 6) is 0.820. The van der Waals surface area contributed by atoms with Crippen molar-refractivity contribution >= 4 is 29.8 Å². The first-order chi connectivity index (χ1) is 7.93. The van der Waals surface area contributed by atoms with Crippen LogP contribution < -0.4 is 0 Å². The van der Waals surface area contributed by atoms with Crippen molar-refractivity contribution in [1.82, 2.24) is 0 Å². The van der Waals surface area contributed by atoms with Crippen molar-refractivity contribution < 1.29 is 22.7 Å². The van der Waals surface area contributed by atoms with Crippen molar-refractivity contribution in [1.29, 1.82) is 0 Å². The van der Waals surface area contributed by atoms with Crippen molar-refractivity contribution in [3.8, 4) is 5.75 Å². The van der Waals surface area contributed by atoms with E-state index in [1.807, 2.05) is 28.9 Å². The standard InChI is InChI=1S/C12H14O2.2ClH.Ru/c1-9-7-5-6-8-12(9)14(4)11(3)10(2)13;;;/h1,5-8,11H,4H2,2-3H3;2*1H;/q;;;+2/p-2. The Hall–Kier alpha value is -0.237. The van der Waals surface area contributed by atoms with E-state index in [0.29, 0.717) is 0 Å². The van der Waals surface area contributed by atoms with Gasteiger partial charge in [0.25, 0.3) is 0 Å². The van der Waals surface area contributed by atoms with Crippen LogP contribution in [0.4, 0.5) is 0 Å². The van der Waals surface area contributed by atoms with Gasteiger partial charge in [-0.05, 0) is 0 Å². The molecule has 1 aromatic rings. The van der Waals surface area contributed by atoms with Gasteiger partial charge in [0.1, 0.15) is 0 Å². The second-order valence-electron chi connectivity index (χ2n) is 3.53. The predicted molar refractivity (Wildman–Crippen MR) is 69.3 cm³/mol. The number of hydrogen-bond donors (Lipinski definition) is 0. The number of ketones is 1. The summed E-state index contributed by atoms with van der Waals surface area (Å²) < 4.78 is 4.41. The van der Waals surface area contributed by atoms with Gasteiger partial charge < -0.3 is 0 Å². The van der Waals surface area contributed by atoms with Crippen LogP contribution in [0, 0.1) is 7.11 Å². The van der Waals surface area contributed by atoms with Crippen molar-refractivity contribution in [3.05, 3.63) is 36.9 Å². The number of para-hydroxylation sites is 1. The average Bonchev–Trinajstić information content (AvgIpc) is 2.27. The van der Waals surface area contributed by atoms with Gasteiger partial charge in [0.05, 0.1) is 0 Å². The van der Waals surface area contributed by atoms with Crippen LogP contribution in [-0.2, 0) is 22.7 Å². The zero-order valence-corrected chi connectivity index (χ0v) is 12.8. The van der Waals surface area contributed by atoms with Crippen LogP contribution in [0.25, 0.3) is 0 Å². The molecule has 0 bridgehead atoms. The molecule has 1 aromatic carbocycles. The molecule has 0 aliphatic heterocycles. The van der Waals surface area contributed by atoms with E-state index in [9.17, 15) is 4.79 Å². The van der Waals surface area contributed by atoms with Crippen LogP contribution in [0.3, 0.4) is 0 Å². The molecule has 0 N–H and O–H groups in total. The second-order valence-corrected chi connectivity index (χ2v) is 9.25. The van der Waals surface area contributed by atoms with E-state index in [1.54, 1.807) is 6.92 Å². The summed E-state index contributed by atoms with van der Waals surface area (Å²) in [6.07, 6.45) is -0.351. The van der Waals surface area contributed by atoms with E-state index in [2.05, 4.69) is 11.5 Å². The second kappa shape index (κ2) is 6.63. The number of rotatable bonds is 4. The first-order valence-electron chi connectivity index (χ1n) is 4.89. The molecule has 0 heterocycles.